The molecule has 0 radical (unpaired) electrons. The van der Waals surface area contributed by atoms with Gasteiger partial charge in [-0.3, -0.25) is 19.3 Å². The Labute approximate surface area is 165 Å². The van der Waals surface area contributed by atoms with Gasteiger partial charge in [-0.2, -0.15) is 5.10 Å². The fourth-order valence-corrected chi connectivity index (χ4v) is 4.17. The first kappa shape index (κ1) is 22.4. The number of likely N-dealkylation sites (tertiary alicyclic amines) is 1. The minimum atomic E-state index is -0.619. The average Bonchev–Trinajstić information content (AvgIpc) is 2.94. The highest BCUT2D eigenvalue weighted by Crippen LogP contribution is 2.31. The number of amides is 3. The Morgan fingerprint density at radius 3 is 2.57 bits per heavy atom. The number of imide groups is 1. The Hall–Kier alpha value is -1.84. The lowest BCUT2D eigenvalue weighted by Crippen LogP contribution is -2.43. The molecule has 1 heterocycles. The second-order valence-corrected chi connectivity index (χ2v) is 7.56. The number of rotatable bonds is 7. The third kappa shape index (κ3) is 5.36. The summed E-state index contributed by atoms with van der Waals surface area (Å²) in [4.78, 5) is 37.1. The SMILES string of the molecule is CCC1CCCCCC(O)C1/C(CO)=N/NC(=O)CN1C(=O)CC(NC)C1=O. The molecule has 1 aliphatic carbocycles. The van der Waals surface area contributed by atoms with Crippen molar-refractivity contribution in [1.82, 2.24) is 15.6 Å². The summed E-state index contributed by atoms with van der Waals surface area (Å²) >= 11 is 0. The van der Waals surface area contributed by atoms with Gasteiger partial charge in [-0.05, 0) is 25.8 Å². The lowest BCUT2D eigenvalue weighted by Gasteiger charge is -2.33. The Morgan fingerprint density at radius 1 is 1.25 bits per heavy atom. The highest BCUT2D eigenvalue weighted by atomic mass is 16.3. The summed E-state index contributed by atoms with van der Waals surface area (Å²) in [6.45, 7) is 1.26. The molecule has 0 spiro atoms. The molecule has 0 aromatic rings. The zero-order valence-electron chi connectivity index (χ0n) is 16.7. The molecule has 0 aromatic carbocycles. The predicted octanol–water partition coefficient (Wildman–Crippen LogP) is -0.235. The van der Waals surface area contributed by atoms with Gasteiger partial charge in [0.15, 0.2) is 0 Å². The number of hydrogen-bond donors (Lipinski definition) is 4. The van der Waals surface area contributed by atoms with Gasteiger partial charge >= 0.3 is 0 Å². The number of likely N-dealkylation sites (N-methyl/N-ethyl adjacent to an activating group) is 1. The molecule has 0 aromatic heterocycles. The van der Waals surface area contributed by atoms with E-state index in [1.807, 2.05) is 6.92 Å². The Balaban J connectivity index is 2.05. The largest absolute Gasteiger partial charge is 0.392 e. The first-order valence-corrected chi connectivity index (χ1v) is 10.1. The molecule has 4 atom stereocenters. The van der Waals surface area contributed by atoms with Gasteiger partial charge in [-0.1, -0.05) is 32.6 Å². The van der Waals surface area contributed by atoms with E-state index >= 15 is 0 Å². The van der Waals surface area contributed by atoms with Crippen LogP contribution in [0.5, 0.6) is 0 Å². The molecular formula is C19H32N4O5. The number of nitrogens with one attached hydrogen (secondary N) is 2. The first-order valence-electron chi connectivity index (χ1n) is 10.1. The van der Waals surface area contributed by atoms with E-state index in [1.54, 1.807) is 7.05 Å². The molecule has 158 valence electrons. The number of hydrogen-bond acceptors (Lipinski definition) is 7. The third-order valence-electron chi connectivity index (χ3n) is 5.79. The van der Waals surface area contributed by atoms with E-state index in [9.17, 15) is 24.6 Å². The Bertz CT molecular complexity index is 609. The van der Waals surface area contributed by atoms with Crippen molar-refractivity contribution in [3.05, 3.63) is 0 Å². The van der Waals surface area contributed by atoms with E-state index < -0.39 is 36.4 Å². The van der Waals surface area contributed by atoms with Gasteiger partial charge in [-0.15, -0.1) is 0 Å². The average molecular weight is 396 g/mol. The van der Waals surface area contributed by atoms with Crippen LogP contribution in [-0.4, -0.2) is 70.9 Å². The van der Waals surface area contributed by atoms with Gasteiger partial charge < -0.3 is 15.5 Å². The molecule has 2 rings (SSSR count). The van der Waals surface area contributed by atoms with Crippen LogP contribution in [0.15, 0.2) is 5.10 Å². The van der Waals surface area contributed by atoms with Gasteiger partial charge in [0, 0.05) is 5.92 Å². The number of aliphatic hydroxyl groups is 2. The van der Waals surface area contributed by atoms with Crippen LogP contribution in [0.1, 0.15) is 51.9 Å². The second kappa shape index (κ2) is 10.6. The summed E-state index contributed by atoms with van der Waals surface area (Å²) < 4.78 is 0. The maximum Gasteiger partial charge on any atom is 0.260 e. The topological polar surface area (TPSA) is 131 Å². The molecule has 4 unspecified atom stereocenters. The molecule has 1 aliphatic heterocycles. The number of nitrogens with zero attached hydrogens (tertiary/aromatic N) is 2. The summed E-state index contributed by atoms with van der Waals surface area (Å²) in [5, 5.41) is 27.2. The highest BCUT2D eigenvalue weighted by molar-refractivity contribution is 6.07. The molecule has 9 heteroatoms. The zero-order valence-corrected chi connectivity index (χ0v) is 16.7. The minimum absolute atomic E-state index is 0.0280. The van der Waals surface area contributed by atoms with E-state index in [-0.39, 0.29) is 24.9 Å². The number of carbonyl (C=O) groups is 3. The Morgan fingerprint density at radius 2 is 1.96 bits per heavy atom. The van der Waals surface area contributed by atoms with Crippen LogP contribution in [0.4, 0.5) is 0 Å². The maximum atomic E-state index is 12.2. The van der Waals surface area contributed by atoms with Crippen LogP contribution in [0.2, 0.25) is 0 Å². The van der Waals surface area contributed by atoms with Gasteiger partial charge in [0.2, 0.25) is 11.8 Å². The molecule has 4 N–H and O–H groups in total. The predicted molar refractivity (Wildman–Crippen MR) is 103 cm³/mol. The molecule has 3 amide bonds. The van der Waals surface area contributed by atoms with Crippen molar-refractivity contribution in [3.8, 4) is 0 Å². The van der Waals surface area contributed by atoms with E-state index in [4.69, 9.17) is 0 Å². The summed E-state index contributed by atoms with van der Waals surface area (Å²) in [6, 6.07) is -0.604. The fourth-order valence-electron chi connectivity index (χ4n) is 4.17. The lowest BCUT2D eigenvalue weighted by atomic mass is 9.76. The summed E-state index contributed by atoms with van der Waals surface area (Å²) in [5.41, 5.74) is 2.68. The van der Waals surface area contributed by atoms with Crippen molar-refractivity contribution in [2.75, 3.05) is 20.2 Å². The number of hydrazone groups is 1. The number of aliphatic hydroxyl groups excluding tert-OH is 2. The van der Waals surface area contributed by atoms with E-state index in [2.05, 4.69) is 15.8 Å². The lowest BCUT2D eigenvalue weighted by molar-refractivity contribution is -0.142. The normalized spacial score (nSPS) is 29.6. The van der Waals surface area contributed by atoms with Gasteiger partial charge in [0.05, 0.1) is 30.9 Å². The summed E-state index contributed by atoms with van der Waals surface area (Å²) in [5.74, 6) is -1.60. The molecule has 2 aliphatic rings. The maximum absolute atomic E-state index is 12.2. The second-order valence-electron chi connectivity index (χ2n) is 7.56. The zero-order chi connectivity index (χ0) is 20.7. The quantitative estimate of drug-likeness (QED) is 0.267. The Kier molecular flexibility index (Phi) is 8.53. The van der Waals surface area contributed by atoms with Gasteiger partial charge in [0.25, 0.3) is 5.91 Å². The van der Waals surface area contributed by atoms with E-state index in [0.717, 1.165) is 37.0 Å². The molecular weight excluding hydrogens is 364 g/mol. The minimum Gasteiger partial charge on any atom is -0.392 e. The van der Waals surface area contributed by atoms with Crippen LogP contribution in [-0.2, 0) is 14.4 Å². The highest BCUT2D eigenvalue weighted by Gasteiger charge is 2.38. The summed E-state index contributed by atoms with van der Waals surface area (Å²) in [7, 11) is 1.58. The smallest absolute Gasteiger partial charge is 0.260 e. The standard InChI is InChI=1S/C19H32N4O5/c1-3-12-7-5-4-6-8-15(25)18(12)14(11-24)21-22-16(26)10-23-17(27)9-13(20-2)19(23)28/h12-13,15,18,20,24-25H,3-11H2,1-2H3,(H,22,26)/b21-14+. The van der Waals surface area contributed by atoms with Gasteiger partial charge in [-0.25, -0.2) is 5.43 Å². The van der Waals surface area contributed by atoms with Crippen LogP contribution in [0.25, 0.3) is 0 Å². The molecule has 28 heavy (non-hydrogen) atoms. The van der Waals surface area contributed by atoms with Crippen molar-refractivity contribution < 1.29 is 24.6 Å². The van der Waals surface area contributed by atoms with Crippen LogP contribution in [0.3, 0.4) is 0 Å². The molecule has 0 bridgehead atoms. The van der Waals surface area contributed by atoms with Crippen LogP contribution >= 0.6 is 0 Å². The number of carbonyl (C=O) groups excluding carboxylic acids is 3. The van der Waals surface area contributed by atoms with Gasteiger partial charge in [0.1, 0.15) is 6.54 Å². The third-order valence-corrected chi connectivity index (χ3v) is 5.79. The van der Waals surface area contributed by atoms with Crippen molar-refractivity contribution in [2.24, 2.45) is 16.9 Å². The first-order chi connectivity index (χ1) is 13.4. The van der Waals surface area contributed by atoms with E-state index in [1.165, 1.54) is 0 Å². The molecule has 2 fully saturated rings. The monoisotopic (exact) mass is 396 g/mol. The van der Waals surface area contributed by atoms with Crippen molar-refractivity contribution in [1.29, 1.82) is 0 Å². The van der Waals surface area contributed by atoms with Crippen molar-refractivity contribution in [2.45, 2.75) is 64.0 Å². The van der Waals surface area contributed by atoms with Crippen LogP contribution < -0.4 is 10.7 Å². The van der Waals surface area contributed by atoms with Crippen molar-refractivity contribution >= 4 is 23.4 Å². The van der Waals surface area contributed by atoms with Crippen LogP contribution in [0, 0.1) is 11.8 Å². The summed E-state index contributed by atoms with van der Waals surface area (Å²) in [6.07, 6.45) is 4.89. The molecule has 1 saturated carbocycles. The fraction of sp³-hybridized carbons (Fsp3) is 0.789. The molecule has 9 nitrogen and oxygen atoms in total. The van der Waals surface area contributed by atoms with Crippen molar-refractivity contribution in [3.63, 3.8) is 0 Å². The molecule has 1 saturated heterocycles. The van der Waals surface area contributed by atoms with E-state index in [0.29, 0.717) is 12.1 Å².